The van der Waals surface area contributed by atoms with Crippen molar-refractivity contribution in [1.82, 2.24) is 20.3 Å². The summed E-state index contributed by atoms with van der Waals surface area (Å²) in [6.07, 6.45) is 6.92. The molecular weight excluding hydrogens is 378 g/mol. The second-order valence-electron chi connectivity index (χ2n) is 7.35. The van der Waals surface area contributed by atoms with Crippen LogP contribution in [0.1, 0.15) is 18.4 Å². The minimum Gasteiger partial charge on any atom is -0.497 e. The lowest BCUT2D eigenvalue weighted by Gasteiger charge is -2.33. The Morgan fingerprint density at radius 2 is 2.10 bits per heavy atom. The van der Waals surface area contributed by atoms with Gasteiger partial charge in [-0.3, -0.25) is 9.78 Å². The van der Waals surface area contributed by atoms with Crippen molar-refractivity contribution in [1.29, 1.82) is 0 Å². The molecule has 0 radical (unpaired) electrons. The quantitative estimate of drug-likeness (QED) is 0.681. The summed E-state index contributed by atoms with van der Waals surface area (Å²) < 4.78 is 5.22. The second kappa shape index (κ2) is 9.35. The molecule has 30 heavy (non-hydrogen) atoms. The Hall–Kier alpha value is -3.48. The van der Waals surface area contributed by atoms with E-state index in [1.165, 1.54) is 0 Å². The molecule has 0 bridgehead atoms. The highest BCUT2D eigenvalue weighted by Gasteiger charge is 2.26. The lowest BCUT2D eigenvalue weighted by Crippen LogP contribution is -2.43. The number of ether oxygens (including phenoxy) is 1. The number of hydrogen-bond acceptors (Lipinski definition) is 6. The van der Waals surface area contributed by atoms with E-state index in [-0.39, 0.29) is 11.8 Å². The van der Waals surface area contributed by atoms with Crippen molar-refractivity contribution in [2.24, 2.45) is 5.92 Å². The third kappa shape index (κ3) is 4.74. The van der Waals surface area contributed by atoms with Crippen LogP contribution in [-0.2, 0) is 11.3 Å². The molecule has 0 saturated carbocycles. The van der Waals surface area contributed by atoms with Gasteiger partial charge in [0.1, 0.15) is 17.9 Å². The van der Waals surface area contributed by atoms with E-state index in [9.17, 15) is 4.79 Å². The average Bonchev–Trinajstić information content (AvgIpc) is 2.83. The molecule has 3 heterocycles. The topological polar surface area (TPSA) is 80.2 Å². The first-order valence-corrected chi connectivity index (χ1v) is 10.1. The maximum absolute atomic E-state index is 12.7. The van der Waals surface area contributed by atoms with Crippen molar-refractivity contribution in [2.45, 2.75) is 19.4 Å². The summed E-state index contributed by atoms with van der Waals surface area (Å²) in [5, 5.41) is 3.04. The fourth-order valence-electron chi connectivity index (χ4n) is 3.68. The lowest BCUT2D eigenvalue weighted by molar-refractivity contribution is -0.125. The van der Waals surface area contributed by atoms with Crippen LogP contribution >= 0.6 is 0 Å². The largest absolute Gasteiger partial charge is 0.497 e. The average molecular weight is 403 g/mol. The summed E-state index contributed by atoms with van der Waals surface area (Å²) in [6, 6.07) is 13.6. The van der Waals surface area contributed by atoms with Crippen molar-refractivity contribution in [3.05, 3.63) is 66.7 Å². The van der Waals surface area contributed by atoms with Gasteiger partial charge in [0.15, 0.2) is 0 Å². The van der Waals surface area contributed by atoms with Crippen LogP contribution in [0.15, 0.2) is 61.2 Å². The minimum absolute atomic E-state index is 0.0603. The number of amides is 1. The molecule has 154 valence electrons. The first-order valence-electron chi connectivity index (χ1n) is 10.1. The van der Waals surface area contributed by atoms with Crippen molar-refractivity contribution in [3.8, 4) is 17.0 Å². The number of benzene rings is 1. The summed E-state index contributed by atoms with van der Waals surface area (Å²) in [5.41, 5.74) is 2.85. The van der Waals surface area contributed by atoms with E-state index in [0.717, 1.165) is 47.8 Å². The number of pyridine rings is 1. The summed E-state index contributed by atoms with van der Waals surface area (Å²) in [7, 11) is 1.65. The van der Waals surface area contributed by atoms with Gasteiger partial charge in [0.05, 0.1) is 18.7 Å². The molecule has 1 aromatic carbocycles. The van der Waals surface area contributed by atoms with Crippen LogP contribution in [0.5, 0.6) is 5.75 Å². The van der Waals surface area contributed by atoms with Crippen molar-refractivity contribution in [2.75, 3.05) is 25.1 Å². The highest BCUT2D eigenvalue weighted by molar-refractivity contribution is 5.79. The Bertz CT molecular complexity index is 978. The molecule has 1 atom stereocenters. The van der Waals surface area contributed by atoms with E-state index in [2.05, 4.69) is 25.2 Å². The van der Waals surface area contributed by atoms with Crippen molar-refractivity contribution < 1.29 is 9.53 Å². The van der Waals surface area contributed by atoms with Crippen LogP contribution in [0, 0.1) is 5.92 Å². The molecule has 1 amide bonds. The Balaban J connectivity index is 1.42. The predicted octanol–water partition coefficient (Wildman–Crippen LogP) is 3.08. The highest BCUT2D eigenvalue weighted by Crippen LogP contribution is 2.26. The van der Waals surface area contributed by atoms with Gasteiger partial charge in [-0.25, -0.2) is 9.97 Å². The normalized spacial score (nSPS) is 16.2. The molecule has 0 aliphatic carbocycles. The number of piperidine rings is 1. The summed E-state index contributed by atoms with van der Waals surface area (Å²) in [6.45, 7) is 2.03. The fraction of sp³-hybridized carbons (Fsp3) is 0.304. The standard InChI is InChI=1S/C23H25N5O2/c1-30-20-8-6-18(7-9-20)21-12-22(27-16-26-21)28-11-3-5-19(15-28)23(29)25-14-17-4-2-10-24-13-17/h2,4,6-10,12-13,16,19H,3,5,11,14-15H2,1H3,(H,25,29). The Labute approximate surface area is 176 Å². The molecule has 4 rings (SSSR count). The molecule has 1 unspecified atom stereocenters. The van der Waals surface area contributed by atoms with E-state index in [1.54, 1.807) is 25.8 Å². The number of carbonyl (C=O) groups is 1. The first-order chi connectivity index (χ1) is 14.7. The number of nitrogens with zero attached hydrogens (tertiary/aromatic N) is 4. The first kappa shape index (κ1) is 19.8. The predicted molar refractivity (Wildman–Crippen MR) is 115 cm³/mol. The van der Waals surface area contributed by atoms with Gasteiger partial charge in [-0.05, 0) is 48.7 Å². The number of aromatic nitrogens is 3. The smallest absolute Gasteiger partial charge is 0.225 e. The van der Waals surface area contributed by atoms with Crippen molar-refractivity contribution in [3.63, 3.8) is 0 Å². The maximum atomic E-state index is 12.7. The van der Waals surface area contributed by atoms with Crippen LogP contribution < -0.4 is 15.0 Å². The number of anilines is 1. The maximum Gasteiger partial charge on any atom is 0.225 e. The SMILES string of the molecule is COc1ccc(-c2cc(N3CCCC(C(=O)NCc4cccnc4)C3)ncn2)cc1. The number of methoxy groups -OCH3 is 1. The van der Waals surface area contributed by atoms with Gasteiger partial charge in [0.2, 0.25) is 5.91 Å². The van der Waals surface area contributed by atoms with Gasteiger partial charge in [0.25, 0.3) is 0 Å². The van der Waals surface area contributed by atoms with E-state index in [0.29, 0.717) is 13.1 Å². The van der Waals surface area contributed by atoms with Crippen LogP contribution in [-0.4, -0.2) is 41.1 Å². The van der Waals surface area contributed by atoms with Gasteiger partial charge < -0.3 is 15.0 Å². The molecule has 1 N–H and O–H groups in total. The number of carbonyl (C=O) groups excluding carboxylic acids is 1. The second-order valence-corrected chi connectivity index (χ2v) is 7.35. The molecule has 1 fully saturated rings. The van der Waals surface area contributed by atoms with Crippen molar-refractivity contribution >= 4 is 11.7 Å². The highest BCUT2D eigenvalue weighted by atomic mass is 16.5. The van der Waals surface area contributed by atoms with E-state index >= 15 is 0 Å². The molecule has 2 aromatic heterocycles. The summed E-state index contributed by atoms with van der Waals surface area (Å²) >= 11 is 0. The van der Waals surface area contributed by atoms with E-state index in [4.69, 9.17) is 4.74 Å². The van der Waals surface area contributed by atoms with Crippen LogP contribution in [0.2, 0.25) is 0 Å². The van der Waals surface area contributed by atoms with Crippen LogP contribution in [0.4, 0.5) is 5.82 Å². The third-order valence-corrected chi connectivity index (χ3v) is 5.34. The Kier molecular flexibility index (Phi) is 6.17. The molecular formula is C23H25N5O2. The van der Waals surface area contributed by atoms with Gasteiger partial charge in [-0.2, -0.15) is 0 Å². The van der Waals surface area contributed by atoms with E-state index < -0.39 is 0 Å². The zero-order valence-corrected chi connectivity index (χ0v) is 17.0. The Morgan fingerprint density at radius 1 is 1.23 bits per heavy atom. The molecule has 1 saturated heterocycles. The molecule has 1 aliphatic heterocycles. The van der Waals surface area contributed by atoms with Gasteiger partial charge in [-0.1, -0.05) is 6.07 Å². The molecule has 7 heteroatoms. The third-order valence-electron chi connectivity index (χ3n) is 5.34. The van der Waals surface area contributed by atoms with Gasteiger partial charge in [0, 0.05) is 43.7 Å². The fourth-order valence-corrected chi connectivity index (χ4v) is 3.68. The molecule has 3 aromatic rings. The molecule has 1 aliphatic rings. The van der Waals surface area contributed by atoms with Gasteiger partial charge in [-0.15, -0.1) is 0 Å². The lowest BCUT2D eigenvalue weighted by atomic mass is 9.97. The Morgan fingerprint density at radius 3 is 2.87 bits per heavy atom. The molecule has 0 spiro atoms. The summed E-state index contributed by atoms with van der Waals surface area (Å²) in [4.78, 5) is 27.8. The van der Waals surface area contributed by atoms with E-state index in [1.807, 2.05) is 42.5 Å². The minimum atomic E-state index is -0.0603. The van der Waals surface area contributed by atoms with Crippen LogP contribution in [0.3, 0.4) is 0 Å². The zero-order chi connectivity index (χ0) is 20.8. The summed E-state index contributed by atoms with van der Waals surface area (Å²) in [5.74, 6) is 1.67. The van der Waals surface area contributed by atoms with Gasteiger partial charge >= 0.3 is 0 Å². The monoisotopic (exact) mass is 403 g/mol. The number of rotatable bonds is 6. The number of nitrogens with one attached hydrogen (secondary N) is 1. The van der Waals surface area contributed by atoms with Crippen LogP contribution in [0.25, 0.3) is 11.3 Å². The number of hydrogen-bond donors (Lipinski definition) is 1. The molecule has 7 nitrogen and oxygen atoms in total. The zero-order valence-electron chi connectivity index (χ0n) is 17.0.